The molecule has 0 saturated carbocycles. The summed E-state index contributed by atoms with van der Waals surface area (Å²) in [4.78, 5) is 24.9. The summed E-state index contributed by atoms with van der Waals surface area (Å²) in [6.45, 7) is 8.97. The average molecular weight is 272 g/mol. The fourth-order valence-electron chi connectivity index (χ4n) is 2.12. The fourth-order valence-corrected chi connectivity index (χ4v) is 2.12. The zero-order valence-corrected chi connectivity index (χ0v) is 12.1. The molecule has 0 aliphatic carbocycles. The number of aliphatic carboxylic acids is 1. The van der Waals surface area contributed by atoms with Crippen LogP contribution < -0.4 is 5.32 Å². The second-order valence-corrected chi connectivity index (χ2v) is 5.83. The number of ether oxygens (including phenoxy) is 1. The van der Waals surface area contributed by atoms with Gasteiger partial charge in [-0.3, -0.25) is 9.59 Å². The molecule has 1 amide bonds. The van der Waals surface area contributed by atoms with Gasteiger partial charge in [-0.2, -0.15) is 0 Å². The van der Waals surface area contributed by atoms with E-state index in [2.05, 4.69) is 5.32 Å². The van der Waals surface area contributed by atoms with Crippen molar-refractivity contribution in [1.29, 1.82) is 0 Å². The van der Waals surface area contributed by atoms with E-state index in [1.807, 2.05) is 27.7 Å². The predicted molar refractivity (Wildman–Crippen MR) is 70.9 cm³/mol. The molecule has 0 aromatic carbocycles. The van der Waals surface area contributed by atoms with E-state index in [0.717, 1.165) is 0 Å². The van der Waals surface area contributed by atoms with Crippen LogP contribution in [0.5, 0.6) is 0 Å². The number of hydrogen-bond acceptors (Lipinski definition) is 4. The lowest BCUT2D eigenvalue weighted by atomic mass is 10.0. The molecule has 2 unspecified atom stereocenters. The van der Waals surface area contributed by atoms with Gasteiger partial charge in [0.2, 0.25) is 5.91 Å². The van der Waals surface area contributed by atoms with Crippen molar-refractivity contribution < 1.29 is 19.4 Å². The van der Waals surface area contributed by atoms with Crippen molar-refractivity contribution in [2.45, 2.75) is 39.3 Å². The molecule has 1 aliphatic rings. The van der Waals surface area contributed by atoms with Gasteiger partial charge in [0.05, 0.1) is 25.8 Å². The number of carboxylic acid groups (broad SMARTS) is 1. The molecule has 6 heteroatoms. The minimum Gasteiger partial charge on any atom is -0.481 e. The Bertz CT molecular complexity index is 338. The van der Waals surface area contributed by atoms with Crippen LogP contribution in [0.4, 0.5) is 0 Å². The number of nitrogens with zero attached hydrogens (tertiary/aromatic N) is 1. The Kier molecular flexibility index (Phi) is 5.31. The summed E-state index contributed by atoms with van der Waals surface area (Å²) in [5.74, 6) is -1.62. The van der Waals surface area contributed by atoms with Crippen molar-refractivity contribution >= 4 is 11.9 Å². The second kappa shape index (κ2) is 6.34. The van der Waals surface area contributed by atoms with E-state index in [1.165, 1.54) is 0 Å². The standard InChI is InChI=1S/C13H24N2O4/c1-5-15(11(16)6-14-13(2,3)4)10-8-19-7-9(10)12(17)18/h9-10,14H,5-8H2,1-4H3,(H,17,18). The monoisotopic (exact) mass is 272 g/mol. The van der Waals surface area contributed by atoms with Gasteiger partial charge < -0.3 is 20.1 Å². The SMILES string of the molecule is CCN(C(=O)CNC(C)(C)C)C1COCC1C(=O)O. The van der Waals surface area contributed by atoms with Crippen molar-refractivity contribution in [3.05, 3.63) is 0 Å². The van der Waals surface area contributed by atoms with Crippen molar-refractivity contribution in [2.24, 2.45) is 5.92 Å². The minimum atomic E-state index is -0.905. The number of nitrogens with one attached hydrogen (secondary N) is 1. The molecule has 1 aliphatic heterocycles. The largest absolute Gasteiger partial charge is 0.481 e. The lowest BCUT2D eigenvalue weighted by molar-refractivity contribution is -0.144. The van der Waals surface area contributed by atoms with Crippen LogP contribution >= 0.6 is 0 Å². The first-order chi connectivity index (χ1) is 8.76. The average Bonchev–Trinajstić information content (AvgIpc) is 2.75. The van der Waals surface area contributed by atoms with Gasteiger partial charge in [0, 0.05) is 12.1 Å². The lowest BCUT2D eigenvalue weighted by Crippen LogP contribution is -2.51. The number of likely N-dealkylation sites (N-methyl/N-ethyl adjacent to an activating group) is 1. The first kappa shape index (κ1) is 15.9. The third kappa shape index (κ3) is 4.47. The number of amides is 1. The molecule has 2 N–H and O–H groups in total. The second-order valence-electron chi connectivity index (χ2n) is 5.83. The van der Waals surface area contributed by atoms with Gasteiger partial charge in [0.1, 0.15) is 5.92 Å². The zero-order valence-electron chi connectivity index (χ0n) is 12.1. The van der Waals surface area contributed by atoms with Gasteiger partial charge in [0.25, 0.3) is 0 Å². The third-order valence-corrected chi connectivity index (χ3v) is 3.20. The Balaban J connectivity index is 2.66. The van der Waals surface area contributed by atoms with E-state index in [4.69, 9.17) is 9.84 Å². The summed E-state index contributed by atoms with van der Waals surface area (Å²) >= 11 is 0. The molecule has 0 aromatic heterocycles. The van der Waals surface area contributed by atoms with Crippen LogP contribution in [-0.2, 0) is 14.3 Å². The molecule has 19 heavy (non-hydrogen) atoms. The van der Waals surface area contributed by atoms with E-state index in [0.29, 0.717) is 13.2 Å². The van der Waals surface area contributed by atoms with Crippen LogP contribution in [0.1, 0.15) is 27.7 Å². The van der Waals surface area contributed by atoms with Gasteiger partial charge in [-0.25, -0.2) is 0 Å². The number of carboxylic acids is 1. The Morgan fingerprint density at radius 1 is 1.37 bits per heavy atom. The van der Waals surface area contributed by atoms with Crippen LogP contribution in [0.25, 0.3) is 0 Å². The highest BCUT2D eigenvalue weighted by Crippen LogP contribution is 2.20. The van der Waals surface area contributed by atoms with Crippen LogP contribution in [-0.4, -0.2) is 59.8 Å². The fraction of sp³-hybridized carbons (Fsp3) is 0.846. The normalized spacial score (nSPS) is 23.4. The maximum absolute atomic E-state index is 12.2. The number of rotatable bonds is 5. The molecule has 110 valence electrons. The number of hydrogen-bond donors (Lipinski definition) is 2. The van der Waals surface area contributed by atoms with Gasteiger partial charge in [0.15, 0.2) is 0 Å². The highest BCUT2D eigenvalue weighted by molar-refractivity contribution is 5.80. The topological polar surface area (TPSA) is 78.9 Å². The molecular formula is C13H24N2O4. The van der Waals surface area contributed by atoms with Crippen LogP contribution in [0.3, 0.4) is 0 Å². The molecule has 1 saturated heterocycles. The molecule has 1 fully saturated rings. The lowest BCUT2D eigenvalue weighted by Gasteiger charge is -2.31. The van der Waals surface area contributed by atoms with Crippen LogP contribution in [0.2, 0.25) is 0 Å². The first-order valence-corrected chi connectivity index (χ1v) is 6.61. The molecule has 6 nitrogen and oxygen atoms in total. The van der Waals surface area contributed by atoms with Gasteiger partial charge in [-0.15, -0.1) is 0 Å². The zero-order chi connectivity index (χ0) is 14.6. The molecule has 0 spiro atoms. The summed E-state index contributed by atoms with van der Waals surface area (Å²) in [6, 6.07) is -0.364. The Hall–Kier alpha value is -1.14. The van der Waals surface area contributed by atoms with E-state index in [9.17, 15) is 9.59 Å². The van der Waals surface area contributed by atoms with Crippen molar-refractivity contribution in [2.75, 3.05) is 26.3 Å². The molecular weight excluding hydrogens is 248 g/mol. The first-order valence-electron chi connectivity index (χ1n) is 6.61. The molecule has 0 radical (unpaired) electrons. The minimum absolute atomic E-state index is 0.0841. The highest BCUT2D eigenvalue weighted by Gasteiger charge is 2.39. The van der Waals surface area contributed by atoms with Crippen molar-refractivity contribution in [3.63, 3.8) is 0 Å². The van der Waals surface area contributed by atoms with Crippen LogP contribution in [0.15, 0.2) is 0 Å². The quantitative estimate of drug-likeness (QED) is 0.753. The highest BCUT2D eigenvalue weighted by atomic mass is 16.5. The maximum Gasteiger partial charge on any atom is 0.311 e. The van der Waals surface area contributed by atoms with Crippen LogP contribution in [0, 0.1) is 5.92 Å². The summed E-state index contributed by atoms with van der Waals surface area (Å²) in [6.07, 6.45) is 0. The molecule has 1 rings (SSSR count). The molecule has 2 atom stereocenters. The molecule has 0 aromatic rings. The molecule has 0 bridgehead atoms. The van der Waals surface area contributed by atoms with Crippen molar-refractivity contribution in [3.8, 4) is 0 Å². The Labute approximate surface area is 114 Å². The number of carbonyl (C=O) groups excluding carboxylic acids is 1. The smallest absolute Gasteiger partial charge is 0.311 e. The van der Waals surface area contributed by atoms with E-state index >= 15 is 0 Å². The van der Waals surface area contributed by atoms with E-state index in [1.54, 1.807) is 4.90 Å². The predicted octanol–water partition coefficient (Wildman–Crippen LogP) is 0.323. The molecule has 1 heterocycles. The number of carbonyl (C=O) groups is 2. The van der Waals surface area contributed by atoms with Gasteiger partial charge in [-0.1, -0.05) is 0 Å². The summed E-state index contributed by atoms with van der Waals surface area (Å²) in [5.41, 5.74) is -0.145. The summed E-state index contributed by atoms with van der Waals surface area (Å²) in [5, 5.41) is 12.3. The van der Waals surface area contributed by atoms with E-state index < -0.39 is 11.9 Å². The summed E-state index contributed by atoms with van der Waals surface area (Å²) in [7, 11) is 0. The summed E-state index contributed by atoms with van der Waals surface area (Å²) < 4.78 is 5.21. The third-order valence-electron chi connectivity index (χ3n) is 3.20. The van der Waals surface area contributed by atoms with Gasteiger partial charge in [-0.05, 0) is 27.7 Å². The van der Waals surface area contributed by atoms with Gasteiger partial charge >= 0.3 is 5.97 Å². The maximum atomic E-state index is 12.2. The Morgan fingerprint density at radius 2 is 2.00 bits per heavy atom. The van der Waals surface area contributed by atoms with Crippen molar-refractivity contribution in [1.82, 2.24) is 10.2 Å². The van der Waals surface area contributed by atoms with E-state index in [-0.39, 0.29) is 30.6 Å². The Morgan fingerprint density at radius 3 is 2.47 bits per heavy atom.